The Bertz CT molecular complexity index is 679. The van der Waals surface area contributed by atoms with E-state index in [0.717, 1.165) is 0 Å². The lowest BCUT2D eigenvalue weighted by Gasteiger charge is -2.07. The van der Waals surface area contributed by atoms with Crippen LogP contribution in [0, 0.1) is 5.82 Å². The number of nitrogens with two attached hydrogens (primary N) is 1. The number of ether oxygens (including phenoxy) is 1. The van der Waals surface area contributed by atoms with Gasteiger partial charge in [-0.1, -0.05) is 17.7 Å². The van der Waals surface area contributed by atoms with Crippen molar-refractivity contribution in [3.8, 4) is 0 Å². The molecule has 1 aromatic carbocycles. The highest BCUT2D eigenvalue weighted by molar-refractivity contribution is 6.31. The molecule has 0 radical (unpaired) electrons. The van der Waals surface area contributed by atoms with E-state index in [1.807, 2.05) is 0 Å². The molecule has 0 aliphatic carbocycles. The van der Waals surface area contributed by atoms with Gasteiger partial charge in [-0.2, -0.15) is 0 Å². The lowest BCUT2D eigenvalue weighted by atomic mass is 10.1. The third kappa shape index (κ3) is 3.66. The summed E-state index contributed by atoms with van der Waals surface area (Å²) in [5, 5.41) is 0.284. The summed E-state index contributed by atoms with van der Waals surface area (Å²) in [5.74, 6) is -0.561. The predicted octanol–water partition coefficient (Wildman–Crippen LogP) is 2.62. The zero-order chi connectivity index (χ0) is 15.4. The van der Waals surface area contributed by atoms with Crippen molar-refractivity contribution in [2.75, 3.05) is 12.3 Å². The van der Waals surface area contributed by atoms with E-state index in [2.05, 4.69) is 9.97 Å². The van der Waals surface area contributed by atoms with E-state index < -0.39 is 11.8 Å². The van der Waals surface area contributed by atoms with Crippen LogP contribution in [0.25, 0.3) is 0 Å². The number of carbonyl (C=O) groups is 1. The summed E-state index contributed by atoms with van der Waals surface area (Å²) < 4.78 is 17.8. The van der Waals surface area contributed by atoms with Gasteiger partial charge in [0.2, 0.25) is 0 Å². The lowest BCUT2D eigenvalue weighted by Crippen LogP contribution is -2.12. The first kappa shape index (κ1) is 15.2. The van der Waals surface area contributed by atoms with Gasteiger partial charge in [-0.05, 0) is 24.6 Å². The molecular formula is C14H13ClFN3O2. The SMILES string of the molecule is CCOC(=O)c1cnc(Cc2ccc(F)cc2Cl)nc1N. The fraction of sp³-hybridized carbons (Fsp3) is 0.214. The van der Waals surface area contributed by atoms with Gasteiger partial charge in [-0.15, -0.1) is 0 Å². The van der Waals surface area contributed by atoms with E-state index in [9.17, 15) is 9.18 Å². The smallest absolute Gasteiger partial charge is 0.343 e. The average Bonchev–Trinajstić information content (AvgIpc) is 2.42. The number of esters is 1. The highest BCUT2D eigenvalue weighted by atomic mass is 35.5. The van der Waals surface area contributed by atoms with Gasteiger partial charge in [0.25, 0.3) is 0 Å². The van der Waals surface area contributed by atoms with E-state index in [-0.39, 0.29) is 29.4 Å². The minimum Gasteiger partial charge on any atom is -0.462 e. The normalized spacial score (nSPS) is 10.4. The van der Waals surface area contributed by atoms with Gasteiger partial charge in [-0.25, -0.2) is 19.2 Å². The van der Waals surface area contributed by atoms with E-state index in [1.165, 1.54) is 18.3 Å². The molecule has 0 aliphatic rings. The quantitative estimate of drug-likeness (QED) is 0.878. The summed E-state index contributed by atoms with van der Waals surface area (Å²) in [6.45, 7) is 1.94. The van der Waals surface area contributed by atoms with Crippen LogP contribution in [-0.2, 0) is 11.2 Å². The number of aromatic nitrogens is 2. The largest absolute Gasteiger partial charge is 0.462 e. The van der Waals surface area contributed by atoms with E-state index in [4.69, 9.17) is 22.1 Å². The monoisotopic (exact) mass is 309 g/mol. The molecule has 0 saturated carbocycles. The fourth-order valence-corrected chi connectivity index (χ4v) is 1.95. The molecule has 0 atom stereocenters. The molecule has 1 aromatic heterocycles. The summed E-state index contributed by atoms with van der Waals surface area (Å²) in [6.07, 6.45) is 1.60. The van der Waals surface area contributed by atoms with Crippen molar-refractivity contribution in [1.29, 1.82) is 0 Å². The Kier molecular flexibility index (Phi) is 4.70. The van der Waals surface area contributed by atoms with Gasteiger partial charge in [0.1, 0.15) is 23.0 Å². The number of nitrogens with zero attached hydrogens (tertiary/aromatic N) is 2. The molecule has 0 bridgehead atoms. The molecule has 2 N–H and O–H groups in total. The summed E-state index contributed by atoms with van der Waals surface area (Å²) in [7, 11) is 0. The first-order chi connectivity index (χ1) is 10.0. The second kappa shape index (κ2) is 6.49. The third-order valence-corrected chi connectivity index (χ3v) is 3.08. The number of anilines is 1. The van der Waals surface area contributed by atoms with Crippen LogP contribution < -0.4 is 5.73 Å². The molecule has 0 saturated heterocycles. The minimum atomic E-state index is -0.568. The molecule has 1 heterocycles. The molecule has 21 heavy (non-hydrogen) atoms. The Morgan fingerprint density at radius 3 is 2.86 bits per heavy atom. The molecule has 5 nitrogen and oxygen atoms in total. The van der Waals surface area contributed by atoms with Gasteiger partial charge >= 0.3 is 5.97 Å². The molecule has 2 aromatic rings. The van der Waals surface area contributed by atoms with Gasteiger partial charge in [-0.3, -0.25) is 0 Å². The van der Waals surface area contributed by atoms with Crippen molar-refractivity contribution in [3.63, 3.8) is 0 Å². The summed E-state index contributed by atoms with van der Waals surface area (Å²) >= 11 is 5.94. The van der Waals surface area contributed by atoms with Crippen LogP contribution in [-0.4, -0.2) is 22.5 Å². The van der Waals surface area contributed by atoms with Gasteiger partial charge in [0.05, 0.1) is 6.61 Å². The van der Waals surface area contributed by atoms with Crippen LogP contribution >= 0.6 is 11.6 Å². The summed E-state index contributed by atoms with van der Waals surface area (Å²) in [4.78, 5) is 19.7. The standard InChI is InChI=1S/C14H13ClFN3O2/c1-2-21-14(20)10-7-18-12(19-13(10)17)5-8-3-4-9(16)6-11(8)15/h3-4,6-7H,2,5H2,1H3,(H2,17,18,19). The van der Waals surface area contributed by atoms with Crippen molar-refractivity contribution >= 4 is 23.4 Å². The fourth-order valence-electron chi connectivity index (χ4n) is 1.72. The summed E-state index contributed by atoms with van der Waals surface area (Å²) in [6, 6.07) is 4.07. The molecule has 2 rings (SSSR count). The maximum absolute atomic E-state index is 13.0. The Morgan fingerprint density at radius 1 is 1.48 bits per heavy atom. The molecule has 0 fully saturated rings. The first-order valence-corrected chi connectivity index (χ1v) is 6.61. The summed E-state index contributed by atoms with van der Waals surface area (Å²) in [5.41, 5.74) is 6.51. The van der Waals surface area contributed by atoms with E-state index in [1.54, 1.807) is 13.0 Å². The van der Waals surface area contributed by atoms with Gasteiger partial charge in [0.15, 0.2) is 0 Å². The van der Waals surface area contributed by atoms with Crippen LogP contribution in [0.2, 0.25) is 5.02 Å². The number of hydrogen-bond acceptors (Lipinski definition) is 5. The number of nitrogen functional groups attached to an aromatic ring is 1. The predicted molar refractivity (Wildman–Crippen MR) is 76.6 cm³/mol. The number of benzene rings is 1. The Morgan fingerprint density at radius 2 is 2.24 bits per heavy atom. The zero-order valence-corrected chi connectivity index (χ0v) is 12.0. The third-order valence-electron chi connectivity index (χ3n) is 2.73. The van der Waals surface area contributed by atoms with Crippen molar-refractivity contribution in [2.45, 2.75) is 13.3 Å². The Balaban J connectivity index is 2.22. The molecular weight excluding hydrogens is 297 g/mol. The minimum absolute atomic E-state index is 0.0386. The van der Waals surface area contributed by atoms with Crippen LogP contribution in [0.1, 0.15) is 28.7 Å². The molecule has 7 heteroatoms. The average molecular weight is 310 g/mol. The number of hydrogen-bond donors (Lipinski definition) is 1. The highest BCUT2D eigenvalue weighted by Gasteiger charge is 2.14. The molecule has 0 unspecified atom stereocenters. The van der Waals surface area contributed by atoms with Crippen LogP contribution in [0.3, 0.4) is 0 Å². The maximum Gasteiger partial charge on any atom is 0.343 e. The van der Waals surface area contributed by atoms with Crippen molar-refractivity contribution < 1.29 is 13.9 Å². The van der Waals surface area contributed by atoms with Gasteiger partial charge < -0.3 is 10.5 Å². The second-order valence-electron chi connectivity index (χ2n) is 4.22. The van der Waals surface area contributed by atoms with E-state index in [0.29, 0.717) is 11.4 Å². The maximum atomic E-state index is 13.0. The Labute approximate surface area is 125 Å². The number of halogens is 2. The highest BCUT2D eigenvalue weighted by Crippen LogP contribution is 2.20. The first-order valence-electron chi connectivity index (χ1n) is 6.23. The van der Waals surface area contributed by atoms with Crippen LogP contribution in [0.5, 0.6) is 0 Å². The zero-order valence-electron chi connectivity index (χ0n) is 11.3. The van der Waals surface area contributed by atoms with Crippen molar-refractivity contribution in [2.24, 2.45) is 0 Å². The topological polar surface area (TPSA) is 78.1 Å². The second-order valence-corrected chi connectivity index (χ2v) is 4.63. The molecule has 110 valence electrons. The van der Waals surface area contributed by atoms with Crippen LogP contribution in [0.15, 0.2) is 24.4 Å². The number of rotatable bonds is 4. The van der Waals surface area contributed by atoms with E-state index >= 15 is 0 Å². The van der Waals surface area contributed by atoms with Crippen molar-refractivity contribution in [1.82, 2.24) is 9.97 Å². The van der Waals surface area contributed by atoms with Crippen LogP contribution in [0.4, 0.5) is 10.2 Å². The molecule has 0 amide bonds. The lowest BCUT2D eigenvalue weighted by molar-refractivity contribution is 0.0526. The van der Waals surface area contributed by atoms with Crippen molar-refractivity contribution in [3.05, 3.63) is 52.2 Å². The Hall–Kier alpha value is -2.21. The molecule has 0 aliphatic heterocycles. The van der Waals surface area contributed by atoms with Gasteiger partial charge in [0, 0.05) is 17.6 Å². The number of carbonyl (C=O) groups excluding carboxylic acids is 1. The molecule has 0 spiro atoms.